The van der Waals surface area contributed by atoms with Gasteiger partial charge in [0.1, 0.15) is 15.8 Å². The number of carbonyl (C=O) groups is 1. The zero-order valence-corrected chi connectivity index (χ0v) is 22.6. The Balaban J connectivity index is 1.64. The maximum absolute atomic E-state index is 13.6. The SMILES string of the molecule is CCCCCCCN1C(=O)C(=Cc2c(NC3CCC(C)CC3)nc3c(C)cccn3c2=O)SC1=S. The Labute approximate surface area is 217 Å². The molecule has 2 fully saturated rings. The summed E-state index contributed by atoms with van der Waals surface area (Å²) in [5, 5.41) is 3.56. The quantitative estimate of drug-likeness (QED) is 0.246. The Bertz CT molecular complexity index is 1180. The van der Waals surface area contributed by atoms with E-state index in [-0.39, 0.29) is 17.5 Å². The number of amides is 1. The van der Waals surface area contributed by atoms with Gasteiger partial charge in [-0.05, 0) is 62.7 Å². The van der Waals surface area contributed by atoms with Gasteiger partial charge in [-0.3, -0.25) is 18.9 Å². The molecule has 1 aliphatic carbocycles. The predicted molar refractivity (Wildman–Crippen MR) is 150 cm³/mol. The van der Waals surface area contributed by atoms with Crippen LogP contribution < -0.4 is 10.9 Å². The highest BCUT2D eigenvalue weighted by atomic mass is 32.2. The Hall–Kier alpha value is -2.19. The van der Waals surface area contributed by atoms with Gasteiger partial charge in [0, 0.05) is 18.8 Å². The summed E-state index contributed by atoms with van der Waals surface area (Å²) in [7, 11) is 0. The molecule has 1 N–H and O–H groups in total. The zero-order valence-electron chi connectivity index (χ0n) is 21.0. The van der Waals surface area contributed by atoms with E-state index < -0.39 is 0 Å². The van der Waals surface area contributed by atoms with Crippen LogP contribution in [0.3, 0.4) is 0 Å². The fraction of sp³-hybridized carbons (Fsp3) is 0.556. The van der Waals surface area contributed by atoms with Gasteiger partial charge in [-0.2, -0.15) is 0 Å². The van der Waals surface area contributed by atoms with Crippen molar-refractivity contribution in [3.05, 3.63) is 44.7 Å². The van der Waals surface area contributed by atoms with Crippen LogP contribution in [0, 0.1) is 12.8 Å². The summed E-state index contributed by atoms with van der Waals surface area (Å²) in [6, 6.07) is 4.08. The molecule has 3 heterocycles. The second kappa shape index (κ2) is 11.7. The van der Waals surface area contributed by atoms with Crippen LogP contribution in [-0.4, -0.2) is 37.1 Å². The summed E-state index contributed by atoms with van der Waals surface area (Å²) < 4.78 is 2.14. The summed E-state index contributed by atoms with van der Waals surface area (Å²) >= 11 is 6.81. The first-order chi connectivity index (χ1) is 16.9. The van der Waals surface area contributed by atoms with Gasteiger partial charge in [-0.15, -0.1) is 0 Å². The van der Waals surface area contributed by atoms with Crippen molar-refractivity contribution < 1.29 is 4.79 Å². The molecule has 0 bridgehead atoms. The highest BCUT2D eigenvalue weighted by molar-refractivity contribution is 8.26. The average Bonchev–Trinajstić information content (AvgIpc) is 3.10. The van der Waals surface area contributed by atoms with Gasteiger partial charge in [-0.1, -0.05) is 69.6 Å². The number of aromatic nitrogens is 2. The van der Waals surface area contributed by atoms with Crippen molar-refractivity contribution >= 4 is 51.7 Å². The Morgan fingerprint density at radius 3 is 2.66 bits per heavy atom. The molecule has 35 heavy (non-hydrogen) atoms. The molecule has 1 saturated heterocycles. The second-order valence-electron chi connectivity index (χ2n) is 9.91. The van der Waals surface area contributed by atoms with E-state index in [0.717, 1.165) is 50.0 Å². The first-order valence-electron chi connectivity index (χ1n) is 12.9. The first kappa shape index (κ1) is 25.9. The summed E-state index contributed by atoms with van der Waals surface area (Å²) in [4.78, 5) is 33.9. The molecule has 0 unspecified atom stereocenters. The minimum atomic E-state index is -0.171. The molecule has 2 aliphatic rings. The van der Waals surface area contributed by atoms with E-state index in [1.54, 1.807) is 21.6 Å². The van der Waals surface area contributed by atoms with Gasteiger partial charge in [0.25, 0.3) is 11.5 Å². The van der Waals surface area contributed by atoms with E-state index in [1.807, 2.05) is 19.1 Å². The van der Waals surface area contributed by atoms with Crippen molar-refractivity contribution in [2.45, 2.75) is 84.6 Å². The second-order valence-corrected chi connectivity index (χ2v) is 11.6. The van der Waals surface area contributed by atoms with E-state index in [1.165, 1.54) is 31.0 Å². The maximum atomic E-state index is 13.6. The number of nitrogens with zero attached hydrogens (tertiary/aromatic N) is 3. The topological polar surface area (TPSA) is 66.7 Å². The smallest absolute Gasteiger partial charge is 0.267 e. The van der Waals surface area contributed by atoms with Crippen LogP contribution in [0.15, 0.2) is 28.0 Å². The number of thioether (sulfide) groups is 1. The minimum Gasteiger partial charge on any atom is -0.367 e. The van der Waals surface area contributed by atoms with Crippen molar-refractivity contribution in [2.24, 2.45) is 5.92 Å². The van der Waals surface area contributed by atoms with Gasteiger partial charge in [0.2, 0.25) is 0 Å². The van der Waals surface area contributed by atoms with Crippen LogP contribution in [0.5, 0.6) is 0 Å². The number of thiocarbonyl (C=S) groups is 1. The lowest BCUT2D eigenvalue weighted by Gasteiger charge is -2.28. The van der Waals surface area contributed by atoms with Crippen LogP contribution in [0.25, 0.3) is 11.7 Å². The molecule has 6 nitrogen and oxygen atoms in total. The van der Waals surface area contributed by atoms with Crippen LogP contribution in [0.1, 0.15) is 82.8 Å². The van der Waals surface area contributed by atoms with Crippen molar-refractivity contribution in [3.63, 3.8) is 0 Å². The number of pyridine rings is 1. The highest BCUT2D eigenvalue weighted by Crippen LogP contribution is 2.34. The molecule has 188 valence electrons. The molecule has 0 radical (unpaired) electrons. The number of nitrogens with one attached hydrogen (secondary N) is 1. The largest absolute Gasteiger partial charge is 0.367 e. The molecule has 4 rings (SSSR count). The molecule has 1 saturated carbocycles. The normalized spacial score (nSPS) is 21.9. The Morgan fingerprint density at radius 1 is 1.17 bits per heavy atom. The number of anilines is 1. The van der Waals surface area contributed by atoms with E-state index in [4.69, 9.17) is 17.2 Å². The number of hydrogen-bond acceptors (Lipinski definition) is 6. The molecule has 0 spiro atoms. The summed E-state index contributed by atoms with van der Waals surface area (Å²) in [6.45, 7) is 7.07. The van der Waals surface area contributed by atoms with E-state index in [0.29, 0.717) is 32.8 Å². The lowest BCUT2D eigenvalue weighted by atomic mass is 9.87. The van der Waals surface area contributed by atoms with Gasteiger partial charge >= 0.3 is 0 Å². The standard InChI is InChI=1S/C27H36N4O2S2/c1-4-5-6-7-8-15-31-26(33)22(35-27(31)34)17-21-23(28-20-13-11-18(2)12-14-20)29-24-19(3)10-9-16-30(24)25(21)32/h9-10,16-18,20,28H,4-8,11-15H2,1-3H3. The minimum absolute atomic E-state index is 0.110. The molecular formula is C27H36N4O2S2. The van der Waals surface area contributed by atoms with Crippen molar-refractivity contribution in [3.8, 4) is 0 Å². The molecular weight excluding hydrogens is 476 g/mol. The van der Waals surface area contributed by atoms with Gasteiger partial charge in [0.05, 0.1) is 10.5 Å². The third-order valence-corrected chi connectivity index (χ3v) is 8.45. The van der Waals surface area contributed by atoms with E-state index in [2.05, 4.69) is 19.2 Å². The Kier molecular flexibility index (Phi) is 8.65. The van der Waals surface area contributed by atoms with Gasteiger partial charge < -0.3 is 5.32 Å². The maximum Gasteiger partial charge on any atom is 0.267 e. The van der Waals surface area contributed by atoms with E-state index >= 15 is 0 Å². The van der Waals surface area contributed by atoms with Crippen molar-refractivity contribution in [1.82, 2.24) is 14.3 Å². The Morgan fingerprint density at radius 2 is 1.91 bits per heavy atom. The van der Waals surface area contributed by atoms with Crippen LogP contribution in [0.2, 0.25) is 0 Å². The van der Waals surface area contributed by atoms with Crippen LogP contribution >= 0.6 is 24.0 Å². The molecule has 0 aromatic carbocycles. The fourth-order valence-corrected chi connectivity index (χ4v) is 6.14. The first-order valence-corrected chi connectivity index (χ1v) is 14.2. The summed E-state index contributed by atoms with van der Waals surface area (Å²) in [6.07, 6.45) is 13.5. The lowest BCUT2D eigenvalue weighted by molar-refractivity contribution is -0.122. The zero-order chi connectivity index (χ0) is 24.9. The number of aryl methyl sites for hydroxylation is 1. The summed E-state index contributed by atoms with van der Waals surface area (Å²) in [5.74, 6) is 1.18. The summed E-state index contributed by atoms with van der Waals surface area (Å²) in [5.41, 5.74) is 1.83. The molecule has 1 amide bonds. The molecule has 2 aromatic rings. The fourth-order valence-electron chi connectivity index (χ4n) is 4.85. The third-order valence-electron chi connectivity index (χ3n) is 7.08. The monoisotopic (exact) mass is 512 g/mol. The number of fused-ring (bicyclic) bond motifs is 1. The molecule has 8 heteroatoms. The van der Waals surface area contributed by atoms with Crippen molar-refractivity contribution in [2.75, 3.05) is 11.9 Å². The molecule has 2 aromatic heterocycles. The highest BCUT2D eigenvalue weighted by Gasteiger charge is 2.32. The van der Waals surface area contributed by atoms with Crippen LogP contribution in [-0.2, 0) is 4.79 Å². The van der Waals surface area contributed by atoms with Gasteiger partial charge in [0.15, 0.2) is 0 Å². The molecule has 0 atom stereocenters. The number of carbonyl (C=O) groups excluding carboxylic acids is 1. The van der Waals surface area contributed by atoms with E-state index in [9.17, 15) is 9.59 Å². The van der Waals surface area contributed by atoms with Crippen LogP contribution in [0.4, 0.5) is 5.82 Å². The third kappa shape index (κ3) is 5.97. The van der Waals surface area contributed by atoms with Gasteiger partial charge in [-0.25, -0.2) is 4.98 Å². The number of hydrogen-bond donors (Lipinski definition) is 1. The number of unbranched alkanes of at least 4 members (excludes halogenated alkanes) is 4. The van der Waals surface area contributed by atoms with Crippen molar-refractivity contribution in [1.29, 1.82) is 0 Å². The molecule has 1 aliphatic heterocycles. The average molecular weight is 513 g/mol. The lowest BCUT2D eigenvalue weighted by Crippen LogP contribution is -2.30. The number of rotatable bonds is 9. The predicted octanol–water partition coefficient (Wildman–Crippen LogP) is 6.17.